The van der Waals surface area contributed by atoms with E-state index in [0.717, 1.165) is 12.1 Å². The van der Waals surface area contributed by atoms with Gasteiger partial charge in [-0.1, -0.05) is 48.0 Å². The first kappa shape index (κ1) is 23.0. The summed E-state index contributed by atoms with van der Waals surface area (Å²) in [5.74, 6) is -0.372. The number of nitrogens with one attached hydrogen (secondary N) is 1. The number of anilines is 1. The molecule has 0 fully saturated rings. The van der Waals surface area contributed by atoms with E-state index in [1.165, 1.54) is 13.2 Å². The van der Waals surface area contributed by atoms with Crippen molar-refractivity contribution in [3.63, 3.8) is 0 Å². The van der Waals surface area contributed by atoms with Crippen LogP contribution in [-0.2, 0) is 10.9 Å². The molecule has 32 heavy (non-hydrogen) atoms. The topological polar surface area (TPSA) is 90.4 Å². The highest BCUT2D eigenvalue weighted by molar-refractivity contribution is 6.31. The summed E-state index contributed by atoms with van der Waals surface area (Å²) in [5, 5.41) is 3.43. The number of hydrogen-bond donors (Lipinski definition) is 3. The Labute approximate surface area is 186 Å². The lowest BCUT2D eigenvalue weighted by molar-refractivity contribution is -0.137. The fourth-order valence-electron chi connectivity index (χ4n) is 3.06. The minimum absolute atomic E-state index is 0.102. The van der Waals surface area contributed by atoms with E-state index in [0.29, 0.717) is 27.3 Å². The molecule has 0 saturated carbocycles. The summed E-state index contributed by atoms with van der Waals surface area (Å²) in [6.07, 6.45) is -4.60. The van der Waals surface area contributed by atoms with Crippen molar-refractivity contribution in [2.24, 2.45) is 11.5 Å². The first-order valence-electron chi connectivity index (χ1n) is 9.29. The zero-order valence-electron chi connectivity index (χ0n) is 16.8. The highest BCUT2D eigenvalue weighted by Gasteiger charge is 2.33. The van der Waals surface area contributed by atoms with Gasteiger partial charge in [-0.25, -0.2) is 4.79 Å². The number of hydrogen-bond acceptors (Lipinski definition) is 5. The SMILES string of the molecule is COC(=O)c1ccc(/C(N)=c2\cccc\c2=C(\N)Nc2ccc(Cl)c(C(F)(F)F)c2)cc1. The predicted octanol–water partition coefficient (Wildman–Crippen LogP) is 3.40. The molecule has 0 bridgehead atoms. The summed E-state index contributed by atoms with van der Waals surface area (Å²) in [6.45, 7) is 0. The van der Waals surface area contributed by atoms with Gasteiger partial charge in [0.1, 0.15) is 5.82 Å². The second-order valence-electron chi connectivity index (χ2n) is 6.76. The van der Waals surface area contributed by atoms with Crippen molar-refractivity contribution < 1.29 is 22.7 Å². The molecule has 0 amide bonds. The van der Waals surface area contributed by atoms with Gasteiger partial charge in [0, 0.05) is 21.8 Å². The Balaban J connectivity index is 2.08. The number of alkyl halides is 3. The van der Waals surface area contributed by atoms with Gasteiger partial charge in [0.25, 0.3) is 0 Å². The molecule has 3 aromatic rings. The van der Waals surface area contributed by atoms with Crippen LogP contribution in [0.4, 0.5) is 18.9 Å². The molecule has 0 spiro atoms. The van der Waals surface area contributed by atoms with Gasteiger partial charge in [-0.15, -0.1) is 0 Å². The Morgan fingerprint density at radius 3 is 2.12 bits per heavy atom. The third kappa shape index (κ3) is 4.97. The number of benzene rings is 3. The van der Waals surface area contributed by atoms with Crippen LogP contribution in [0.2, 0.25) is 5.02 Å². The minimum atomic E-state index is -4.60. The van der Waals surface area contributed by atoms with E-state index in [1.54, 1.807) is 48.5 Å². The molecule has 9 heteroatoms. The standard InChI is InChI=1S/C23H19ClF3N3O2/c1-32-22(31)14-8-6-13(7-9-14)20(28)16-4-2-3-5-17(16)21(29)30-15-10-11-19(24)18(12-15)23(25,26)27/h2-12,30H,28-29H2,1H3/b20-16-,21-17+. The van der Waals surface area contributed by atoms with E-state index < -0.39 is 22.7 Å². The summed E-state index contributed by atoms with van der Waals surface area (Å²) >= 11 is 5.67. The molecule has 3 aromatic carbocycles. The molecule has 166 valence electrons. The number of ether oxygens (including phenoxy) is 1. The van der Waals surface area contributed by atoms with Crippen LogP contribution in [0, 0.1) is 0 Å². The number of carbonyl (C=O) groups excluding carboxylic acids is 1. The summed E-state index contributed by atoms with van der Waals surface area (Å²) < 4.78 is 44.1. The molecule has 0 aromatic heterocycles. The monoisotopic (exact) mass is 461 g/mol. The van der Waals surface area contributed by atoms with Gasteiger partial charge in [0.05, 0.1) is 23.3 Å². The molecule has 0 saturated heterocycles. The van der Waals surface area contributed by atoms with Gasteiger partial charge in [-0.3, -0.25) is 0 Å². The Morgan fingerprint density at radius 2 is 1.53 bits per heavy atom. The van der Waals surface area contributed by atoms with Crippen molar-refractivity contribution in [2.45, 2.75) is 6.18 Å². The molecule has 5 N–H and O–H groups in total. The van der Waals surface area contributed by atoms with Crippen molar-refractivity contribution in [1.82, 2.24) is 0 Å². The lowest BCUT2D eigenvalue weighted by Crippen LogP contribution is -2.35. The van der Waals surface area contributed by atoms with Gasteiger partial charge >= 0.3 is 12.1 Å². The molecule has 0 heterocycles. The van der Waals surface area contributed by atoms with Crippen LogP contribution < -0.4 is 27.2 Å². The second-order valence-corrected chi connectivity index (χ2v) is 7.17. The van der Waals surface area contributed by atoms with Gasteiger partial charge in [-0.05, 0) is 35.9 Å². The number of carbonyl (C=O) groups is 1. The van der Waals surface area contributed by atoms with Gasteiger partial charge in [0.2, 0.25) is 0 Å². The van der Waals surface area contributed by atoms with Gasteiger partial charge in [-0.2, -0.15) is 13.2 Å². The molecule has 0 aliphatic heterocycles. The van der Waals surface area contributed by atoms with Gasteiger partial charge < -0.3 is 21.5 Å². The first-order valence-corrected chi connectivity index (χ1v) is 9.66. The highest BCUT2D eigenvalue weighted by Crippen LogP contribution is 2.36. The Hall–Kier alpha value is -3.65. The summed E-state index contributed by atoms with van der Waals surface area (Å²) in [6, 6.07) is 16.8. The molecule has 0 radical (unpaired) electrons. The van der Waals surface area contributed by atoms with Crippen molar-refractivity contribution >= 4 is 34.8 Å². The number of esters is 1. The minimum Gasteiger partial charge on any atom is -0.465 e. The lowest BCUT2D eigenvalue weighted by atomic mass is 10.1. The average Bonchev–Trinajstić information content (AvgIpc) is 2.78. The Bertz CT molecular complexity index is 1270. The van der Waals surface area contributed by atoms with E-state index in [9.17, 15) is 18.0 Å². The third-order valence-electron chi connectivity index (χ3n) is 4.68. The van der Waals surface area contributed by atoms with Crippen LogP contribution in [0.1, 0.15) is 21.5 Å². The summed E-state index contributed by atoms with van der Waals surface area (Å²) in [7, 11) is 1.29. The van der Waals surface area contributed by atoms with Crippen LogP contribution in [-0.4, -0.2) is 13.1 Å². The van der Waals surface area contributed by atoms with Crippen LogP contribution in [0.15, 0.2) is 66.7 Å². The van der Waals surface area contributed by atoms with Crippen LogP contribution >= 0.6 is 11.6 Å². The quantitative estimate of drug-likeness (QED) is 0.518. The normalized spacial score (nSPS) is 13.3. The smallest absolute Gasteiger partial charge is 0.417 e. The zero-order chi connectivity index (χ0) is 23.5. The Kier molecular flexibility index (Phi) is 6.64. The maximum absolute atomic E-state index is 13.1. The molecular formula is C23H19ClF3N3O2. The maximum atomic E-state index is 13.1. The van der Waals surface area contributed by atoms with Crippen LogP contribution in [0.5, 0.6) is 0 Å². The first-order chi connectivity index (χ1) is 15.1. The molecule has 5 nitrogen and oxygen atoms in total. The van der Waals surface area contributed by atoms with Crippen molar-refractivity contribution in [2.75, 3.05) is 12.4 Å². The molecule has 0 aliphatic carbocycles. The number of nitrogens with two attached hydrogens (primary N) is 2. The number of halogens is 4. The second kappa shape index (κ2) is 9.23. The van der Waals surface area contributed by atoms with E-state index in [4.69, 9.17) is 23.1 Å². The van der Waals surface area contributed by atoms with Crippen molar-refractivity contribution in [3.8, 4) is 0 Å². The highest BCUT2D eigenvalue weighted by atomic mass is 35.5. The van der Waals surface area contributed by atoms with Crippen LogP contribution in [0.25, 0.3) is 11.5 Å². The van der Waals surface area contributed by atoms with Crippen molar-refractivity contribution in [1.29, 1.82) is 0 Å². The molecule has 0 atom stereocenters. The predicted molar refractivity (Wildman–Crippen MR) is 118 cm³/mol. The average molecular weight is 462 g/mol. The maximum Gasteiger partial charge on any atom is 0.417 e. The zero-order valence-corrected chi connectivity index (χ0v) is 17.6. The number of rotatable bonds is 4. The fourth-order valence-corrected chi connectivity index (χ4v) is 3.28. The fraction of sp³-hybridized carbons (Fsp3) is 0.0870. The van der Waals surface area contributed by atoms with E-state index in [-0.39, 0.29) is 11.5 Å². The van der Waals surface area contributed by atoms with E-state index in [1.807, 2.05) is 0 Å². The van der Waals surface area contributed by atoms with Gasteiger partial charge in [0.15, 0.2) is 0 Å². The summed E-state index contributed by atoms with van der Waals surface area (Å²) in [4.78, 5) is 11.6. The molecule has 0 aliphatic rings. The molecule has 3 rings (SSSR count). The Morgan fingerprint density at radius 1 is 0.938 bits per heavy atom. The van der Waals surface area contributed by atoms with E-state index in [2.05, 4.69) is 10.1 Å². The van der Waals surface area contributed by atoms with Crippen molar-refractivity contribution in [3.05, 3.63) is 98.9 Å². The molecule has 0 unspecified atom stereocenters. The largest absolute Gasteiger partial charge is 0.465 e. The van der Waals surface area contributed by atoms with Crippen LogP contribution in [0.3, 0.4) is 0 Å². The van der Waals surface area contributed by atoms with E-state index >= 15 is 0 Å². The number of methoxy groups -OCH3 is 1. The third-order valence-corrected chi connectivity index (χ3v) is 5.00. The lowest BCUT2D eigenvalue weighted by Gasteiger charge is -2.13. The summed E-state index contributed by atoms with van der Waals surface area (Å²) in [5.41, 5.74) is 13.0. The molecular weight excluding hydrogens is 443 g/mol.